The van der Waals surface area contributed by atoms with E-state index in [-0.39, 0.29) is 35.7 Å². The van der Waals surface area contributed by atoms with E-state index in [1.165, 1.54) is 23.1 Å². The molecule has 1 unspecified atom stereocenters. The van der Waals surface area contributed by atoms with Gasteiger partial charge in [-0.2, -0.15) is 0 Å². The zero-order chi connectivity index (χ0) is 21.5. The summed E-state index contributed by atoms with van der Waals surface area (Å²) in [4.78, 5) is 14.0. The van der Waals surface area contributed by atoms with Gasteiger partial charge >= 0.3 is 0 Å². The van der Waals surface area contributed by atoms with Gasteiger partial charge in [-0.1, -0.05) is 24.3 Å². The van der Waals surface area contributed by atoms with Gasteiger partial charge in [0.25, 0.3) is 5.91 Å². The number of hydrogen-bond acceptors (Lipinski definition) is 4. The summed E-state index contributed by atoms with van der Waals surface area (Å²) in [7, 11) is -2.23. The number of anilines is 1. The highest BCUT2D eigenvalue weighted by Crippen LogP contribution is 2.39. The molecule has 1 heterocycles. The van der Waals surface area contributed by atoms with Crippen molar-refractivity contribution in [3.05, 3.63) is 71.5 Å². The van der Waals surface area contributed by atoms with Gasteiger partial charge in [0.05, 0.1) is 10.6 Å². The van der Waals surface area contributed by atoms with Crippen molar-refractivity contribution in [3.63, 3.8) is 0 Å². The van der Waals surface area contributed by atoms with Gasteiger partial charge in [-0.3, -0.25) is 4.79 Å². The van der Waals surface area contributed by atoms with E-state index in [1.54, 1.807) is 43.4 Å². The summed E-state index contributed by atoms with van der Waals surface area (Å²) in [5, 5.41) is 10.8. The van der Waals surface area contributed by atoms with Gasteiger partial charge in [-0.15, -0.1) is 0 Å². The maximum absolute atomic E-state index is 13.1. The molecule has 1 atom stereocenters. The molecule has 1 aliphatic heterocycles. The molecule has 3 aromatic carbocycles. The van der Waals surface area contributed by atoms with Crippen LogP contribution in [0.1, 0.15) is 15.9 Å². The zero-order valence-electron chi connectivity index (χ0n) is 16.3. The maximum Gasteiger partial charge on any atom is 0.258 e. The Hall–Kier alpha value is -2.81. The number of aliphatic hydroxyl groups is 1. The van der Waals surface area contributed by atoms with Crippen LogP contribution in [-0.4, -0.2) is 39.6 Å². The number of carbonyl (C=O) groups is 1. The standard InChI is InChI=1S/C22H21FN2O4S/c1-25-19-9-10-20(17-3-2-4-18(21(17)19)22(25)27)30(28,29)24-12-15(13-26)11-14-5-7-16(23)8-6-14/h2-10,15,24,26H,11-13H2,1H3. The molecule has 3 aromatic rings. The van der Waals surface area contributed by atoms with Gasteiger partial charge in [0.15, 0.2) is 0 Å². The van der Waals surface area contributed by atoms with Gasteiger partial charge in [-0.05, 0) is 48.2 Å². The first kappa shape index (κ1) is 20.5. The van der Waals surface area contributed by atoms with Crippen LogP contribution < -0.4 is 9.62 Å². The first-order chi connectivity index (χ1) is 14.3. The second kappa shape index (κ2) is 7.79. The fraction of sp³-hybridized carbons (Fsp3) is 0.227. The van der Waals surface area contributed by atoms with Crippen LogP contribution in [0.4, 0.5) is 10.1 Å². The zero-order valence-corrected chi connectivity index (χ0v) is 17.1. The number of benzene rings is 3. The van der Waals surface area contributed by atoms with Crippen LogP contribution >= 0.6 is 0 Å². The number of carbonyl (C=O) groups excluding carboxylic acids is 1. The minimum Gasteiger partial charge on any atom is -0.396 e. The van der Waals surface area contributed by atoms with E-state index in [2.05, 4.69) is 4.72 Å². The van der Waals surface area contributed by atoms with Crippen LogP contribution in [0.15, 0.2) is 59.5 Å². The highest BCUT2D eigenvalue weighted by Gasteiger charge is 2.30. The molecule has 4 rings (SSSR count). The molecule has 2 N–H and O–H groups in total. The van der Waals surface area contributed by atoms with Crippen LogP contribution in [0.25, 0.3) is 10.8 Å². The van der Waals surface area contributed by atoms with Crippen molar-refractivity contribution in [1.82, 2.24) is 4.72 Å². The number of halogens is 1. The SMILES string of the molecule is CN1C(=O)c2cccc3c(S(=O)(=O)NCC(CO)Cc4ccc(F)cc4)ccc1c23. The van der Waals surface area contributed by atoms with Crippen LogP contribution in [-0.2, 0) is 16.4 Å². The summed E-state index contributed by atoms with van der Waals surface area (Å²) in [6.07, 6.45) is 0.405. The van der Waals surface area contributed by atoms with Crippen molar-refractivity contribution in [2.24, 2.45) is 5.92 Å². The van der Waals surface area contributed by atoms with E-state index in [0.29, 0.717) is 28.4 Å². The Labute approximate surface area is 174 Å². The van der Waals surface area contributed by atoms with Gasteiger partial charge in [0.2, 0.25) is 10.0 Å². The summed E-state index contributed by atoms with van der Waals surface area (Å²) in [6, 6.07) is 14.1. The Morgan fingerprint density at radius 2 is 1.83 bits per heavy atom. The van der Waals surface area contributed by atoms with E-state index in [0.717, 1.165) is 5.56 Å². The Morgan fingerprint density at radius 3 is 2.53 bits per heavy atom. The van der Waals surface area contributed by atoms with Gasteiger partial charge in [-0.25, -0.2) is 17.5 Å². The van der Waals surface area contributed by atoms with E-state index >= 15 is 0 Å². The summed E-state index contributed by atoms with van der Waals surface area (Å²) < 4.78 is 41.7. The molecule has 30 heavy (non-hydrogen) atoms. The van der Waals surface area contributed by atoms with Crippen molar-refractivity contribution < 1.29 is 22.7 Å². The van der Waals surface area contributed by atoms with Crippen LogP contribution in [0, 0.1) is 11.7 Å². The third-order valence-electron chi connectivity index (χ3n) is 5.42. The normalized spacial score (nSPS) is 14.5. The molecule has 0 spiro atoms. The number of amides is 1. The first-order valence-corrected chi connectivity index (χ1v) is 11.0. The fourth-order valence-corrected chi connectivity index (χ4v) is 5.12. The van der Waals surface area contributed by atoms with Crippen LogP contribution in [0.2, 0.25) is 0 Å². The minimum atomic E-state index is -3.88. The van der Waals surface area contributed by atoms with E-state index < -0.39 is 10.0 Å². The molecule has 0 radical (unpaired) electrons. The van der Waals surface area contributed by atoms with Crippen LogP contribution in [0.5, 0.6) is 0 Å². The molecule has 0 fully saturated rings. The van der Waals surface area contributed by atoms with E-state index in [9.17, 15) is 22.7 Å². The van der Waals surface area contributed by atoms with Gasteiger partial charge in [0, 0.05) is 36.5 Å². The third kappa shape index (κ3) is 3.58. The van der Waals surface area contributed by atoms with Crippen molar-refractivity contribution in [2.45, 2.75) is 11.3 Å². The number of nitrogens with zero attached hydrogens (tertiary/aromatic N) is 1. The second-order valence-corrected chi connectivity index (χ2v) is 9.14. The Morgan fingerprint density at radius 1 is 1.10 bits per heavy atom. The highest BCUT2D eigenvalue weighted by molar-refractivity contribution is 7.89. The van der Waals surface area contributed by atoms with Gasteiger partial charge < -0.3 is 10.0 Å². The molecule has 156 valence electrons. The number of nitrogens with one attached hydrogen (secondary N) is 1. The van der Waals surface area contributed by atoms with Gasteiger partial charge in [0.1, 0.15) is 5.82 Å². The third-order valence-corrected chi connectivity index (χ3v) is 6.90. The predicted molar refractivity (Wildman–Crippen MR) is 113 cm³/mol. The summed E-state index contributed by atoms with van der Waals surface area (Å²) in [5.74, 6) is -0.886. The molecule has 0 saturated carbocycles. The molecule has 1 aliphatic rings. The lowest BCUT2D eigenvalue weighted by Gasteiger charge is -2.17. The van der Waals surface area contributed by atoms with E-state index in [4.69, 9.17) is 0 Å². The smallest absolute Gasteiger partial charge is 0.258 e. The Balaban J connectivity index is 1.59. The fourth-order valence-electron chi connectivity index (χ4n) is 3.80. The minimum absolute atomic E-state index is 0.0258. The van der Waals surface area contributed by atoms with Crippen molar-refractivity contribution >= 4 is 32.4 Å². The Kier molecular flexibility index (Phi) is 5.31. The summed E-state index contributed by atoms with van der Waals surface area (Å²) in [6.45, 7) is -0.193. The maximum atomic E-state index is 13.1. The quantitative estimate of drug-likeness (QED) is 0.606. The largest absolute Gasteiger partial charge is 0.396 e. The summed E-state index contributed by atoms with van der Waals surface area (Å²) in [5.41, 5.74) is 1.96. The molecule has 1 amide bonds. The highest BCUT2D eigenvalue weighted by atomic mass is 32.2. The molecular formula is C22H21FN2O4S. The van der Waals surface area contributed by atoms with Crippen molar-refractivity contribution in [3.8, 4) is 0 Å². The average molecular weight is 428 g/mol. The molecule has 6 nitrogen and oxygen atoms in total. The second-order valence-electron chi connectivity index (χ2n) is 7.41. The molecular weight excluding hydrogens is 407 g/mol. The van der Waals surface area contributed by atoms with Crippen molar-refractivity contribution in [1.29, 1.82) is 0 Å². The molecule has 0 aromatic heterocycles. The number of rotatable bonds is 7. The first-order valence-electron chi connectivity index (χ1n) is 9.50. The number of aliphatic hydroxyl groups excluding tert-OH is 1. The number of sulfonamides is 1. The molecule has 0 aliphatic carbocycles. The lowest BCUT2D eigenvalue weighted by molar-refractivity contribution is 0.0999. The monoisotopic (exact) mass is 428 g/mol. The van der Waals surface area contributed by atoms with E-state index in [1.807, 2.05) is 0 Å². The van der Waals surface area contributed by atoms with Crippen molar-refractivity contribution in [2.75, 3.05) is 25.1 Å². The number of hydrogen-bond donors (Lipinski definition) is 2. The lowest BCUT2D eigenvalue weighted by Crippen LogP contribution is -2.32. The topological polar surface area (TPSA) is 86.7 Å². The summed E-state index contributed by atoms with van der Waals surface area (Å²) >= 11 is 0. The molecule has 0 saturated heterocycles. The average Bonchev–Trinajstić information content (AvgIpc) is 2.99. The van der Waals surface area contributed by atoms with Crippen LogP contribution in [0.3, 0.4) is 0 Å². The lowest BCUT2D eigenvalue weighted by atomic mass is 10.0. The Bertz CT molecular complexity index is 1230. The predicted octanol–water partition coefficient (Wildman–Crippen LogP) is 2.70. The molecule has 8 heteroatoms. The molecule has 0 bridgehead atoms.